The van der Waals surface area contributed by atoms with Crippen LogP contribution in [-0.2, 0) is 9.59 Å². The number of hydrogen-bond acceptors (Lipinski definition) is 4. The number of aryl methyl sites for hydroxylation is 1. The van der Waals surface area contributed by atoms with Gasteiger partial charge in [-0.3, -0.25) is 24.2 Å². The van der Waals surface area contributed by atoms with Crippen molar-refractivity contribution in [2.75, 3.05) is 7.05 Å². The van der Waals surface area contributed by atoms with Gasteiger partial charge in [0.2, 0.25) is 5.91 Å². The van der Waals surface area contributed by atoms with Crippen molar-refractivity contribution < 1.29 is 19.5 Å². The monoisotopic (exact) mass is 288 g/mol. The predicted octanol–water partition coefficient (Wildman–Crippen LogP) is 0.589. The number of aliphatic hydroxyl groups excluding tert-OH is 1. The van der Waals surface area contributed by atoms with Gasteiger partial charge in [0, 0.05) is 24.6 Å². The van der Waals surface area contributed by atoms with E-state index in [1.54, 1.807) is 18.2 Å². The molecule has 2 aliphatic rings. The molecule has 0 spiro atoms. The van der Waals surface area contributed by atoms with Crippen LogP contribution < -0.4 is 0 Å². The van der Waals surface area contributed by atoms with Crippen molar-refractivity contribution in [1.29, 1.82) is 0 Å². The van der Waals surface area contributed by atoms with E-state index in [2.05, 4.69) is 0 Å². The van der Waals surface area contributed by atoms with Gasteiger partial charge in [0.05, 0.1) is 0 Å². The molecule has 2 unspecified atom stereocenters. The van der Waals surface area contributed by atoms with Gasteiger partial charge in [0.1, 0.15) is 6.04 Å². The number of aliphatic hydroxyl groups is 1. The number of hydrogen-bond donors (Lipinski definition) is 1. The minimum absolute atomic E-state index is 0.193. The summed E-state index contributed by atoms with van der Waals surface area (Å²) in [7, 11) is 1.40. The van der Waals surface area contributed by atoms with Gasteiger partial charge in [-0.1, -0.05) is 17.7 Å². The van der Waals surface area contributed by atoms with Gasteiger partial charge in [0.25, 0.3) is 11.8 Å². The lowest BCUT2D eigenvalue weighted by Gasteiger charge is -2.35. The fourth-order valence-corrected chi connectivity index (χ4v) is 2.96. The van der Waals surface area contributed by atoms with Crippen LogP contribution in [-0.4, -0.2) is 45.7 Å². The van der Waals surface area contributed by atoms with Gasteiger partial charge in [-0.2, -0.15) is 0 Å². The largest absolute Gasteiger partial charge is 0.369 e. The highest BCUT2D eigenvalue weighted by molar-refractivity contribution is 6.05. The molecule has 1 fully saturated rings. The topological polar surface area (TPSA) is 77.9 Å². The van der Waals surface area contributed by atoms with Crippen LogP contribution in [0.2, 0.25) is 0 Å². The molecule has 3 amide bonds. The van der Waals surface area contributed by atoms with Crippen LogP contribution in [0.25, 0.3) is 0 Å². The van der Waals surface area contributed by atoms with Crippen molar-refractivity contribution in [2.24, 2.45) is 0 Å². The Morgan fingerprint density at radius 1 is 1.24 bits per heavy atom. The lowest BCUT2D eigenvalue weighted by atomic mass is 10.0. The molecule has 1 aromatic carbocycles. The average molecular weight is 288 g/mol. The summed E-state index contributed by atoms with van der Waals surface area (Å²) >= 11 is 0. The summed E-state index contributed by atoms with van der Waals surface area (Å²) in [6.45, 7) is 1.87. The summed E-state index contributed by atoms with van der Waals surface area (Å²) in [5.41, 5.74) is 1.87. The first-order valence-corrected chi connectivity index (χ1v) is 6.83. The fourth-order valence-electron chi connectivity index (χ4n) is 2.96. The quantitative estimate of drug-likeness (QED) is 0.767. The summed E-state index contributed by atoms with van der Waals surface area (Å²) in [6.07, 6.45) is -0.695. The Bertz CT molecular complexity index is 655. The summed E-state index contributed by atoms with van der Waals surface area (Å²) in [5.74, 6) is -1.06. The molecule has 0 saturated carbocycles. The van der Waals surface area contributed by atoms with Crippen LogP contribution in [0.15, 0.2) is 18.2 Å². The van der Waals surface area contributed by atoms with E-state index in [1.807, 2.05) is 6.92 Å². The first kappa shape index (κ1) is 13.8. The van der Waals surface area contributed by atoms with Gasteiger partial charge in [-0.05, 0) is 19.4 Å². The van der Waals surface area contributed by atoms with Crippen LogP contribution in [0.3, 0.4) is 0 Å². The number of amides is 3. The Kier molecular flexibility index (Phi) is 3.06. The van der Waals surface area contributed by atoms with E-state index in [4.69, 9.17) is 0 Å². The highest BCUT2D eigenvalue weighted by Gasteiger charge is 2.45. The Labute approximate surface area is 122 Å². The van der Waals surface area contributed by atoms with Crippen LogP contribution in [0.4, 0.5) is 0 Å². The maximum Gasteiger partial charge on any atom is 0.257 e. The van der Waals surface area contributed by atoms with E-state index in [9.17, 15) is 19.5 Å². The van der Waals surface area contributed by atoms with Crippen molar-refractivity contribution >= 4 is 17.7 Å². The van der Waals surface area contributed by atoms with Crippen molar-refractivity contribution in [2.45, 2.75) is 32.0 Å². The van der Waals surface area contributed by atoms with E-state index < -0.39 is 18.2 Å². The van der Waals surface area contributed by atoms with Crippen molar-refractivity contribution in [3.8, 4) is 0 Å². The molecule has 2 heterocycles. The molecule has 1 aromatic rings. The zero-order valence-corrected chi connectivity index (χ0v) is 11.9. The summed E-state index contributed by atoms with van der Waals surface area (Å²) < 4.78 is 0. The molecule has 0 bridgehead atoms. The van der Waals surface area contributed by atoms with E-state index in [1.165, 1.54) is 11.9 Å². The number of piperidine rings is 1. The van der Waals surface area contributed by atoms with E-state index in [0.29, 0.717) is 11.1 Å². The Morgan fingerprint density at radius 3 is 2.67 bits per heavy atom. The lowest BCUT2D eigenvalue weighted by Crippen LogP contribution is -2.54. The molecule has 0 aliphatic carbocycles. The number of imide groups is 1. The van der Waals surface area contributed by atoms with Crippen LogP contribution in [0.1, 0.15) is 40.6 Å². The van der Waals surface area contributed by atoms with E-state index >= 15 is 0 Å². The van der Waals surface area contributed by atoms with Crippen LogP contribution in [0, 0.1) is 6.92 Å². The highest BCUT2D eigenvalue weighted by atomic mass is 16.3. The number of carbonyl (C=O) groups excluding carboxylic acids is 3. The zero-order chi connectivity index (χ0) is 15.3. The third kappa shape index (κ3) is 1.94. The van der Waals surface area contributed by atoms with Crippen molar-refractivity contribution in [1.82, 2.24) is 9.80 Å². The fraction of sp³-hybridized carbons (Fsp3) is 0.400. The third-order valence-corrected chi connectivity index (χ3v) is 4.17. The number of likely N-dealkylation sites (N-methyl/N-ethyl adjacent to an activating group) is 1. The standard InChI is InChI=1S/C15H16N2O4/c1-8-3-4-9-10(7-8)14(20)17(13(9)19)11-5-6-12(18)16(2)15(11)21/h3-4,7,11,14,20H,5-6H2,1-2H3. The molecular formula is C15H16N2O4. The van der Waals surface area contributed by atoms with E-state index in [-0.39, 0.29) is 24.7 Å². The van der Waals surface area contributed by atoms with Gasteiger partial charge in [0.15, 0.2) is 6.23 Å². The maximum atomic E-state index is 12.5. The highest BCUT2D eigenvalue weighted by Crippen LogP contribution is 2.36. The first-order chi connectivity index (χ1) is 9.91. The summed E-state index contributed by atoms with van der Waals surface area (Å²) in [5, 5.41) is 10.4. The molecule has 110 valence electrons. The molecular weight excluding hydrogens is 272 g/mol. The minimum atomic E-state index is -1.14. The third-order valence-electron chi connectivity index (χ3n) is 4.17. The van der Waals surface area contributed by atoms with Gasteiger partial charge < -0.3 is 5.11 Å². The van der Waals surface area contributed by atoms with Gasteiger partial charge in [-0.25, -0.2) is 0 Å². The Morgan fingerprint density at radius 2 is 1.95 bits per heavy atom. The second kappa shape index (κ2) is 4.66. The van der Waals surface area contributed by atoms with Gasteiger partial charge >= 0.3 is 0 Å². The molecule has 1 saturated heterocycles. The molecule has 6 heteroatoms. The molecule has 3 rings (SSSR count). The molecule has 0 aromatic heterocycles. The zero-order valence-electron chi connectivity index (χ0n) is 11.9. The molecule has 2 atom stereocenters. The van der Waals surface area contributed by atoms with E-state index in [0.717, 1.165) is 10.5 Å². The molecule has 1 N–H and O–H groups in total. The summed E-state index contributed by atoms with van der Waals surface area (Å²) in [6, 6.07) is 4.42. The molecule has 0 radical (unpaired) electrons. The van der Waals surface area contributed by atoms with Gasteiger partial charge in [-0.15, -0.1) is 0 Å². The molecule has 21 heavy (non-hydrogen) atoms. The maximum absolute atomic E-state index is 12.5. The van der Waals surface area contributed by atoms with Crippen molar-refractivity contribution in [3.05, 3.63) is 34.9 Å². The first-order valence-electron chi connectivity index (χ1n) is 6.83. The lowest BCUT2D eigenvalue weighted by molar-refractivity contribution is -0.153. The second-order valence-electron chi connectivity index (χ2n) is 5.52. The number of carbonyl (C=O) groups is 3. The summed E-state index contributed by atoms with van der Waals surface area (Å²) in [4.78, 5) is 38.4. The molecule has 2 aliphatic heterocycles. The van der Waals surface area contributed by atoms with Crippen molar-refractivity contribution in [3.63, 3.8) is 0 Å². The number of likely N-dealkylation sites (tertiary alicyclic amines) is 1. The number of benzene rings is 1. The average Bonchev–Trinajstić information content (AvgIpc) is 2.69. The minimum Gasteiger partial charge on any atom is -0.369 e. The normalized spacial score (nSPS) is 25.6. The SMILES string of the molecule is Cc1ccc2c(c1)C(O)N(C1CCC(=O)N(C)C1=O)C2=O. The smallest absolute Gasteiger partial charge is 0.257 e. The Balaban J connectivity index is 1.96. The number of rotatable bonds is 1. The van der Waals surface area contributed by atoms with Crippen LogP contribution in [0.5, 0.6) is 0 Å². The van der Waals surface area contributed by atoms with Crippen LogP contribution >= 0.6 is 0 Å². The predicted molar refractivity (Wildman–Crippen MR) is 73.1 cm³/mol. The Hall–Kier alpha value is -2.21. The number of fused-ring (bicyclic) bond motifs is 1. The number of nitrogens with zero attached hydrogens (tertiary/aromatic N) is 2. The molecule has 6 nitrogen and oxygen atoms in total. The second-order valence-corrected chi connectivity index (χ2v) is 5.52.